The molecule has 0 aromatic heterocycles. The molecule has 0 aliphatic heterocycles. The molecule has 0 heterocycles. The summed E-state index contributed by atoms with van der Waals surface area (Å²) in [6.45, 7) is 0. The minimum atomic E-state index is -0.326. The van der Waals surface area contributed by atoms with E-state index in [-0.39, 0.29) is 32.9 Å². The molecule has 0 radical (unpaired) electrons. The Bertz CT molecular complexity index is 1120. The molecule has 0 saturated heterocycles. The van der Waals surface area contributed by atoms with Crippen molar-refractivity contribution < 1.29 is 17.1 Å². The van der Waals surface area contributed by atoms with Crippen LogP contribution in [0.15, 0.2) is 170 Å². The molecule has 0 spiro atoms. The van der Waals surface area contributed by atoms with Crippen LogP contribution in [0.4, 0.5) is 0 Å². The fourth-order valence-electron chi connectivity index (χ4n) is 4.53. The van der Waals surface area contributed by atoms with Crippen LogP contribution in [0.3, 0.4) is 0 Å². The van der Waals surface area contributed by atoms with Crippen LogP contribution in [0, 0.1) is 0 Å². The molecule has 182 valence electrons. The first-order chi connectivity index (χ1) is 17.9. The zero-order valence-electron chi connectivity index (χ0n) is 20.6. The molecule has 0 fully saturated rings. The fraction of sp³-hybridized carbons (Fsp3) is 0.0588. The van der Waals surface area contributed by atoms with Gasteiger partial charge in [-0.1, -0.05) is 170 Å². The summed E-state index contributed by atoms with van der Waals surface area (Å²) in [5.41, 5.74) is 1.06. The second kappa shape index (κ2) is 14.2. The van der Waals surface area contributed by atoms with Gasteiger partial charge in [-0.25, -0.2) is 0 Å². The molecule has 0 nitrogen and oxygen atoms in total. The maximum atomic E-state index is 2.31. The Kier molecular flexibility index (Phi) is 10.5. The van der Waals surface area contributed by atoms with Crippen molar-refractivity contribution in [2.75, 3.05) is 0 Å². The maximum absolute atomic E-state index is 2.31. The zero-order valence-corrected chi connectivity index (χ0v) is 23.5. The van der Waals surface area contributed by atoms with Gasteiger partial charge < -0.3 is 0 Å². The van der Waals surface area contributed by atoms with E-state index in [0.29, 0.717) is 11.3 Å². The van der Waals surface area contributed by atoms with Crippen molar-refractivity contribution in [3.05, 3.63) is 170 Å². The van der Waals surface area contributed by atoms with Crippen LogP contribution < -0.4 is 21.2 Å². The summed E-state index contributed by atoms with van der Waals surface area (Å²) < 4.78 is 0. The molecule has 0 N–H and O–H groups in total. The first-order valence-electron chi connectivity index (χ1n) is 12.4. The van der Waals surface area contributed by atoms with Gasteiger partial charge in [-0.2, -0.15) is 0 Å². The third-order valence-corrected chi connectivity index (χ3v) is 11.5. The Morgan fingerprint density at radius 2 is 0.541 bits per heavy atom. The predicted octanol–water partition coefficient (Wildman–Crippen LogP) is 7.23. The molecule has 2 aliphatic rings. The van der Waals surface area contributed by atoms with Crippen molar-refractivity contribution in [3.63, 3.8) is 0 Å². The topological polar surface area (TPSA) is 0 Å². The van der Waals surface area contributed by atoms with Gasteiger partial charge in [-0.05, 0) is 37.1 Å². The molecule has 3 heteroatoms. The summed E-state index contributed by atoms with van der Waals surface area (Å²) in [6.07, 6.45) is 17.9. The van der Waals surface area contributed by atoms with E-state index in [2.05, 4.69) is 170 Å². The summed E-state index contributed by atoms with van der Waals surface area (Å²) in [5.74, 6) is 0. The molecule has 4 aromatic carbocycles. The average Bonchev–Trinajstić information content (AvgIpc) is 3.68. The van der Waals surface area contributed by atoms with E-state index in [1.54, 1.807) is 0 Å². The van der Waals surface area contributed by atoms with Crippen LogP contribution in [0.5, 0.6) is 0 Å². The molecule has 37 heavy (non-hydrogen) atoms. The monoisotopic (exact) mass is 556 g/mol. The summed E-state index contributed by atoms with van der Waals surface area (Å²) in [7, 11) is -0.651. The van der Waals surface area contributed by atoms with E-state index in [9.17, 15) is 0 Å². The molecule has 0 saturated carbocycles. The van der Waals surface area contributed by atoms with Gasteiger partial charge in [0.15, 0.2) is 0 Å². The Balaban J connectivity index is 0.000000168. The number of hydrogen-bond acceptors (Lipinski definition) is 0. The zero-order chi connectivity index (χ0) is 24.4. The van der Waals surface area contributed by atoms with Crippen LogP contribution in [0.25, 0.3) is 0 Å². The van der Waals surface area contributed by atoms with Crippen molar-refractivity contribution in [3.8, 4) is 0 Å². The molecular formula is C34H30FeP2+2. The molecular weight excluding hydrogens is 526 g/mol. The van der Waals surface area contributed by atoms with E-state index in [4.69, 9.17) is 0 Å². The van der Waals surface area contributed by atoms with E-state index in [1.165, 1.54) is 21.2 Å². The minimum Gasteiger partial charge on any atom is -0.0727 e. The van der Waals surface area contributed by atoms with Gasteiger partial charge in [0, 0.05) is 11.3 Å². The first-order valence-corrected chi connectivity index (χ1v) is 15.2. The summed E-state index contributed by atoms with van der Waals surface area (Å²) in [4.78, 5) is 0. The Morgan fingerprint density at radius 1 is 0.324 bits per heavy atom. The number of rotatable bonds is 6. The normalized spacial score (nSPS) is 14.1. The van der Waals surface area contributed by atoms with Gasteiger partial charge in [0.25, 0.3) is 0 Å². The van der Waals surface area contributed by atoms with Crippen LogP contribution in [-0.2, 0) is 17.1 Å². The van der Waals surface area contributed by atoms with Gasteiger partial charge in [-0.3, -0.25) is 0 Å². The standard InChI is InChI=1S/2C17H15P.Fe/c2*1-3-9-15(10-4-1)18(17-13-7-8-14-17)16-11-5-2-6-12-16;/h2*1-14,17H;/q;;+2. The summed E-state index contributed by atoms with van der Waals surface area (Å²) >= 11 is 0. The number of benzene rings is 4. The second-order valence-electron chi connectivity index (χ2n) is 8.60. The molecule has 0 amide bonds. The van der Waals surface area contributed by atoms with E-state index < -0.39 is 0 Å². The van der Waals surface area contributed by atoms with Crippen molar-refractivity contribution in [1.29, 1.82) is 0 Å². The van der Waals surface area contributed by atoms with E-state index in [1.807, 2.05) is 0 Å². The van der Waals surface area contributed by atoms with Crippen LogP contribution in [-0.4, -0.2) is 11.3 Å². The third kappa shape index (κ3) is 7.17. The van der Waals surface area contributed by atoms with E-state index in [0.717, 1.165) is 0 Å². The Hall–Kier alpha value is -2.78. The van der Waals surface area contributed by atoms with Crippen LogP contribution >= 0.6 is 15.8 Å². The van der Waals surface area contributed by atoms with Crippen molar-refractivity contribution in [2.45, 2.75) is 11.3 Å². The SMILES string of the molecule is C1=CC(P(c2ccccc2)c2ccccc2)C=C1.C1=CC(P(c2ccccc2)c2ccccc2)C=C1.[Fe+2]. The Morgan fingerprint density at radius 3 is 0.757 bits per heavy atom. The average molecular weight is 556 g/mol. The minimum absolute atomic E-state index is 0. The molecule has 2 aliphatic carbocycles. The fourth-order valence-corrected chi connectivity index (χ4v) is 9.56. The molecule has 4 aromatic rings. The first kappa shape index (κ1) is 27.3. The van der Waals surface area contributed by atoms with E-state index >= 15 is 0 Å². The molecule has 0 atom stereocenters. The van der Waals surface area contributed by atoms with Crippen LogP contribution in [0.2, 0.25) is 0 Å². The largest absolute Gasteiger partial charge is 2.00 e. The van der Waals surface area contributed by atoms with Gasteiger partial charge in [0.2, 0.25) is 0 Å². The van der Waals surface area contributed by atoms with Crippen molar-refractivity contribution >= 4 is 37.1 Å². The Labute approximate surface area is 234 Å². The maximum Gasteiger partial charge on any atom is 2.00 e. The third-order valence-electron chi connectivity index (χ3n) is 6.19. The van der Waals surface area contributed by atoms with Gasteiger partial charge in [0.05, 0.1) is 0 Å². The van der Waals surface area contributed by atoms with Gasteiger partial charge in [-0.15, -0.1) is 0 Å². The molecule has 6 rings (SSSR count). The smallest absolute Gasteiger partial charge is 0.0727 e. The quantitative estimate of drug-likeness (QED) is 0.174. The van der Waals surface area contributed by atoms with Gasteiger partial charge in [0.1, 0.15) is 0 Å². The second-order valence-corrected chi connectivity index (χ2v) is 13.3. The predicted molar refractivity (Wildman–Crippen MR) is 162 cm³/mol. The summed E-state index contributed by atoms with van der Waals surface area (Å²) in [6, 6.07) is 43.4. The number of hydrogen-bond donors (Lipinski definition) is 0. The van der Waals surface area contributed by atoms with Gasteiger partial charge >= 0.3 is 17.1 Å². The van der Waals surface area contributed by atoms with Crippen LogP contribution in [0.1, 0.15) is 0 Å². The summed E-state index contributed by atoms with van der Waals surface area (Å²) in [5, 5.41) is 5.78. The number of allylic oxidation sites excluding steroid dienone is 8. The molecule has 0 bridgehead atoms. The molecule has 0 unspecified atom stereocenters. The van der Waals surface area contributed by atoms with Crippen molar-refractivity contribution in [2.24, 2.45) is 0 Å². The van der Waals surface area contributed by atoms with Crippen molar-refractivity contribution in [1.82, 2.24) is 0 Å².